The Hall–Kier alpha value is -1.39. The number of hydrogen-bond acceptors (Lipinski definition) is 3. The van der Waals surface area contributed by atoms with Crippen LogP contribution in [0, 0.1) is 0 Å². The van der Waals surface area contributed by atoms with Crippen LogP contribution in [0.1, 0.15) is 5.69 Å². The maximum atomic E-state index is 12.4. The molecule has 1 aromatic rings. The van der Waals surface area contributed by atoms with Gasteiger partial charge in [0.25, 0.3) is 0 Å². The van der Waals surface area contributed by atoms with Crippen LogP contribution in [0.2, 0.25) is 0 Å². The number of halogens is 2. The number of hydrogen-bond donors (Lipinski definition) is 0. The number of aldehydes is 1. The number of alkyl halides is 2. The van der Waals surface area contributed by atoms with Gasteiger partial charge in [0.2, 0.25) is 0 Å². The first kappa shape index (κ1) is 7.71. The van der Waals surface area contributed by atoms with Crippen molar-refractivity contribution in [2.24, 2.45) is 0 Å². The second-order valence-electron chi connectivity index (χ2n) is 1.84. The number of carbonyl (C=O) groups is 1. The monoisotopic (exact) mass is 158 g/mol. The van der Waals surface area contributed by atoms with E-state index >= 15 is 0 Å². The van der Waals surface area contributed by atoms with Crippen molar-refractivity contribution in [3.8, 4) is 0 Å². The summed E-state index contributed by atoms with van der Waals surface area (Å²) in [5, 5.41) is 0. The lowest BCUT2D eigenvalue weighted by Crippen LogP contribution is -2.16. The fourth-order valence-electron chi connectivity index (χ4n) is 0.548. The maximum Gasteiger partial charge on any atom is 0.344 e. The molecule has 0 saturated carbocycles. The van der Waals surface area contributed by atoms with Gasteiger partial charge in [-0.2, -0.15) is 8.78 Å². The van der Waals surface area contributed by atoms with Crippen LogP contribution in [-0.2, 0) is 10.7 Å². The van der Waals surface area contributed by atoms with Crippen LogP contribution in [-0.4, -0.2) is 16.3 Å². The van der Waals surface area contributed by atoms with E-state index in [9.17, 15) is 13.6 Å². The highest BCUT2D eigenvalue weighted by Crippen LogP contribution is 2.21. The summed E-state index contributed by atoms with van der Waals surface area (Å²) in [7, 11) is 0. The van der Waals surface area contributed by atoms with Gasteiger partial charge in [-0.25, -0.2) is 9.97 Å². The first-order chi connectivity index (χ1) is 5.17. The van der Waals surface area contributed by atoms with Crippen molar-refractivity contribution < 1.29 is 13.6 Å². The summed E-state index contributed by atoms with van der Waals surface area (Å²) in [6, 6.07) is 0.994. The fraction of sp³-hybridized carbons (Fsp3) is 0.167. The molecule has 1 heterocycles. The van der Waals surface area contributed by atoms with Crippen LogP contribution in [0.25, 0.3) is 0 Å². The van der Waals surface area contributed by atoms with E-state index in [1.807, 2.05) is 0 Å². The summed E-state index contributed by atoms with van der Waals surface area (Å²) in [6.45, 7) is 0. The Balaban J connectivity index is 3.02. The summed E-state index contributed by atoms with van der Waals surface area (Å²) in [5.74, 6) is -3.50. The highest BCUT2D eigenvalue weighted by Gasteiger charge is 2.32. The van der Waals surface area contributed by atoms with Crippen molar-refractivity contribution in [2.45, 2.75) is 5.92 Å². The van der Waals surface area contributed by atoms with E-state index in [2.05, 4.69) is 9.97 Å². The zero-order valence-electron chi connectivity index (χ0n) is 5.37. The van der Waals surface area contributed by atoms with Gasteiger partial charge in [0.05, 0.1) is 0 Å². The second-order valence-corrected chi connectivity index (χ2v) is 1.84. The summed E-state index contributed by atoms with van der Waals surface area (Å²) in [4.78, 5) is 16.5. The van der Waals surface area contributed by atoms with Gasteiger partial charge in [-0.15, -0.1) is 0 Å². The predicted molar refractivity (Wildman–Crippen MR) is 32.0 cm³/mol. The van der Waals surface area contributed by atoms with E-state index in [-0.39, 0.29) is 0 Å². The lowest BCUT2D eigenvalue weighted by Gasteiger charge is -2.05. The first-order valence-electron chi connectivity index (χ1n) is 2.77. The smallest absolute Gasteiger partial charge is 0.296 e. The standard InChI is InChI=1S/C6H4F2N2O/c7-6(8,3-11)5-1-2-9-4-10-5/h1-4H. The molecule has 3 nitrogen and oxygen atoms in total. The third-order valence-corrected chi connectivity index (χ3v) is 1.07. The van der Waals surface area contributed by atoms with Crippen LogP contribution < -0.4 is 0 Å². The number of aromatic nitrogens is 2. The van der Waals surface area contributed by atoms with Gasteiger partial charge in [0, 0.05) is 6.20 Å². The zero-order chi connectivity index (χ0) is 8.32. The first-order valence-corrected chi connectivity index (χ1v) is 2.77. The molecule has 0 amide bonds. The Bertz CT molecular complexity index is 250. The van der Waals surface area contributed by atoms with Crippen LogP contribution in [0.15, 0.2) is 18.6 Å². The second kappa shape index (κ2) is 2.69. The molecule has 0 aliphatic heterocycles. The molecular formula is C6H4F2N2O. The third kappa shape index (κ3) is 1.54. The molecule has 0 aliphatic rings. The quantitative estimate of drug-likeness (QED) is 0.597. The molecule has 58 valence electrons. The lowest BCUT2D eigenvalue weighted by atomic mass is 10.2. The Morgan fingerprint density at radius 1 is 1.55 bits per heavy atom. The minimum absolute atomic E-state index is 0.449. The molecule has 11 heavy (non-hydrogen) atoms. The van der Waals surface area contributed by atoms with Crippen molar-refractivity contribution in [3.05, 3.63) is 24.3 Å². The Kier molecular flexibility index (Phi) is 1.89. The molecule has 0 aromatic carbocycles. The van der Waals surface area contributed by atoms with Crippen LogP contribution in [0.5, 0.6) is 0 Å². The highest BCUT2D eigenvalue weighted by atomic mass is 19.3. The molecule has 0 aliphatic carbocycles. The van der Waals surface area contributed by atoms with Crippen molar-refractivity contribution >= 4 is 6.29 Å². The number of rotatable bonds is 2. The molecule has 1 rings (SSSR count). The molecule has 1 aromatic heterocycles. The molecule has 0 saturated heterocycles. The molecule has 0 unspecified atom stereocenters. The third-order valence-electron chi connectivity index (χ3n) is 1.07. The summed E-state index contributed by atoms with van der Waals surface area (Å²) >= 11 is 0. The molecule has 0 radical (unpaired) electrons. The fourth-order valence-corrected chi connectivity index (χ4v) is 0.548. The molecule has 5 heteroatoms. The van der Waals surface area contributed by atoms with Gasteiger partial charge in [0.1, 0.15) is 12.0 Å². The molecule has 0 atom stereocenters. The van der Waals surface area contributed by atoms with Gasteiger partial charge >= 0.3 is 5.92 Å². The van der Waals surface area contributed by atoms with Gasteiger partial charge in [-0.3, -0.25) is 4.79 Å². The SMILES string of the molecule is O=CC(F)(F)c1ccncn1. The van der Waals surface area contributed by atoms with Crippen molar-refractivity contribution in [2.75, 3.05) is 0 Å². The molecule has 0 fully saturated rings. The van der Waals surface area contributed by atoms with Crippen molar-refractivity contribution in [3.63, 3.8) is 0 Å². The Morgan fingerprint density at radius 2 is 2.27 bits per heavy atom. The summed E-state index contributed by atoms with van der Waals surface area (Å²) < 4.78 is 24.9. The normalized spacial score (nSPS) is 11.1. The number of nitrogens with zero attached hydrogens (tertiary/aromatic N) is 2. The summed E-state index contributed by atoms with van der Waals surface area (Å²) in [5.41, 5.74) is -0.581. The van der Waals surface area contributed by atoms with Gasteiger partial charge in [0.15, 0.2) is 6.29 Å². The molecule has 0 spiro atoms. The largest absolute Gasteiger partial charge is 0.344 e. The van der Waals surface area contributed by atoms with Gasteiger partial charge in [-0.05, 0) is 6.07 Å². The Labute approximate surface area is 61.1 Å². The molecule has 0 N–H and O–H groups in total. The zero-order valence-corrected chi connectivity index (χ0v) is 5.37. The minimum atomic E-state index is -3.50. The summed E-state index contributed by atoms with van der Waals surface area (Å²) in [6.07, 6.45) is 1.67. The van der Waals surface area contributed by atoms with E-state index in [0.29, 0.717) is 0 Å². The maximum absolute atomic E-state index is 12.4. The van der Waals surface area contributed by atoms with E-state index < -0.39 is 17.9 Å². The van der Waals surface area contributed by atoms with Crippen molar-refractivity contribution in [1.29, 1.82) is 0 Å². The average Bonchev–Trinajstić information content (AvgIpc) is 2.06. The van der Waals surface area contributed by atoms with E-state index in [1.54, 1.807) is 0 Å². The highest BCUT2D eigenvalue weighted by molar-refractivity contribution is 5.61. The number of carbonyl (C=O) groups excluding carboxylic acids is 1. The average molecular weight is 158 g/mol. The predicted octanol–water partition coefficient (Wildman–Crippen LogP) is 0.767. The van der Waals surface area contributed by atoms with Crippen LogP contribution in [0.4, 0.5) is 8.78 Å². The van der Waals surface area contributed by atoms with E-state index in [1.165, 1.54) is 0 Å². The van der Waals surface area contributed by atoms with E-state index in [0.717, 1.165) is 18.6 Å². The van der Waals surface area contributed by atoms with E-state index in [4.69, 9.17) is 0 Å². The van der Waals surface area contributed by atoms with Crippen LogP contribution >= 0.6 is 0 Å². The lowest BCUT2D eigenvalue weighted by molar-refractivity contribution is -0.130. The Morgan fingerprint density at radius 3 is 2.73 bits per heavy atom. The van der Waals surface area contributed by atoms with Crippen molar-refractivity contribution in [1.82, 2.24) is 9.97 Å². The minimum Gasteiger partial charge on any atom is -0.296 e. The van der Waals surface area contributed by atoms with Gasteiger partial charge < -0.3 is 0 Å². The molecule has 0 bridgehead atoms. The topological polar surface area (TPSA) is 42.9 Å². The van der Waals surface area contributed by atoms with Gasteiger partial charge in [-0.1, -0.05) is 0 Å². The van der Waals surface area contributed by atoms with Crippen LogP contribution in [0.3, 0.4) is 0 Å². The molecular weight excluding hydrogens is 154 g/mol.